The average Bonchev–Trinajstić information content (AvgIpc) is 2.59. The number of carbonyl (C=O) groups is 1. The van der Waals surface area contributed by atoms with Gasteiger partial charge in [-0.15, -0.1) is 0 Å². The van der Waals surface area contributed by atoms with Crippen LogP contribution in [-0.4, -0.2) is 16.2 Å². The van der Waals surface area contributed by atoms with Gasteiger partial charge in [0.25, 0.3) is 0 Å². The van der Waals surface area contributed by atoms with Gasteiger partial charge in [0.2, 0.25) is 0 Å². The lowest BCUT2D eigenvalue weighted by Gasteiger charge is -2.06. The Hall–Kier alpha value is -1.36. The van der Waals surface area contributed by atoms with Crippen molar-refractivity contribution in [3.05, 3.63) is 28.4 Å². The maximum Gasteiger partial charge on any atom is 0.310 e. The summed E-state index contributed by atoms with van der Waals surface area (Å²) < 4.78 is 5.57. The topological polar surface area (TPSA) is 63.3 Å². The molecule has 1 atom stereocenters. The van der Waals surface area contributed by atoms with E-state index in [0.29, 0.717) is 15.7 Å². The molecule has 0 saturated heterocycles. The van der Waals surface area contributed by atoms with Gasteiger partial charge < -0.3 is 9.63 Å². The number of fused-ring (bicyclic) bond motifs is 1. The molecule has 78 valence electrons. The molecule has 1 aromatic carbocycles. The number of hydrogen-bond acceptors (Lipinski definition) is 3. The van der Waals surface area contributed by atoms with Crippen LogP contribution in [0.15, 0.2) is 27.3 Å². The number of carboxylic acid groups (broad SMARTS) is 1. The molecule has 1 unspecified atom stereocenters. The number of carboxylic acids is 1. The minimum atomic E-state index is -0.865. The van der Waals surface area contributed by atoms with Gasteiger partial charge in [-0.25, -0.2) is 0 Å². The van der Waals surface area contributed by atoms with Crippen molar-refractivity contribution in [2.75, 3.05) is 0 Å². The van der Waals surface area contributed by atoms with Crippen LogP contribution < -0.4 is 0 Å². The van der Waals surface area contributed by atoms with Crippen LogP contribution in [0.1, 0.15) is 18.4 Å². The summed E-state index contributed by atoms with van der Waals surface area (Å²) in [6.07, 6.45) is 0. The Labute approximate surface area is 94.0 Å². The molecule has 15 heavy (non-hydrogen) atoms. The van der Waals surface area contributed by atoms with E-state index in [0.717, 1.165) is 5.39 Å². The molecule has 0 radical (unpaired) electrons. The fraction of sp³-hybridized carbons (Fsp3) is 0.200. The van der Waals surface area contributed by atoms with Crippen LogP contribution in [0.25, 0.3) is 11.0 Å². The molecular weight excluding hydrogens is 262 g/mol. The van der Waals surface area contributed by atoms with Crippen molar-refractivity contribution in [1.82, 2.24) is 5.16 Å². The van der Waals surface area contributed by atoms with Crippen LogP contribution in [0.5, 0.6) is 0 Å². The van der Waals surface area contributed by atoms with E-state index in [-0.39, 0.29) is 0 Å². The van der Waals surface area contributed by atoms with Crippen LogP contribution >= 0.6 is 15.9 Å². The quantitative estimate of drug-likeness (QED) is 0.911. The second-order valence-electron chi connectivity index (χ2n) is 3.25. The smallest absolute Gasteiger partial charge is 0.310 e. The zero-order valence-electron chi connectivity index (χ0n) is 7.90. The fourth-order valence-corrected chi connectivity index (χ4v) is 1.97. The first-order valence-corrected chi connectivity index (χ1v) is 5.17. The predicted octanol–water partition coefficient (Wildman–Crippen LogP) is 2.78. The molecule has 2 rings (SSSR count). The summed E-state index contributed by atoms with van der Waals surface area (Å²) in [5.74, 6) is -1.44. The molecule has 2 aromatic rings. The lowest BCUT2D eigenvalue weighted by molar-refractivity contribution is -0.138. The minimum absolute atomic E-state index is 0.543. The third-order valence-electron chi connectivity index (χ3n) is 2.33. The maximum atomic E-state index is 10.9. The van der Waals surface area contributed by atoms with Gasteiger partial charge in [-0.05, 0) is 34.5 Å². The first-order valence-electron chi connectivity index (χ1n) is 4.38. The Bertz CT molecular complexity index is 520. The Morgan fingerprint density at radius 1 is 1.60 bits per heavy atom. The molecule has 1 N–H and O–H groups in total. The lowest BCUT2D eigenvalue weighted by Crippen LogP contribution is -2.07. The Morgan fingerprint density at radius 2 is 2.33 bits per heavy atom. The zero-order chi connectivity index (χ0) is 11.0. The van der Waals surface area contributed by atoms with E-state index < -0.39 is 11.9 Å². The van der Waals surface area contributed by atoms with Crippen molar-refractivity contribution in [2.45, 2.75) is 12.8 Å². The fourth-order valence-electron chi connectivity index (χ4n) is 1.47. The molecule has 0 aliphatic rings. The molecule has 0 aliphatic carbocycles. The molecule has 0 aliphatic heterocycles. The zero-order valence-corrected chi connectivity index (χ0v) is 9.48. The maximum absolute atomic E-state index is 10.9. The average molecular weight is 270 g/mol. The van der Waals surface area contributed by atoms with Crippen LogP contribution in [0.2, 0.25) is 0 Å². The second kappa shape index (κ2) is 3.66. The lowest BCUT2D eigenvalue weighted by atomic mass is 9.98. The van der Waals surface area contributed by atoms with Crippen molar-refractivity contribution in [3.8, 4) is 0 Å². The van der Waals surface area contributed by atoms with Gasteiger partial charge in [-0.1, -0.05) is 17.3 Å². The molecule has 0 spiro atoms. The van der Waals surface area contributed by atoms with Crippen LogP contribution in [0.4, 0.5) is 0 Å². The van der Waals surface area contributed by atoms with E-state index in [9.17, 15) is 4.79 Å². The summed E-state index contributed by atoms with van der Waals surface area (Å²) >= 11 is 3.24. The molecule has 1 aromatic heterocycles. The standard InChI is InChI=1S/C10H8BrNO3/c1-5(10(13)14)6-3-2-4-7-8(6)9(11)12-15-7/h2-5H,1H3,(H,13,14). The predicted molar refractivity (Wildman–Crippen MR) is 57.8 cm³/mol. The monoisotopic (exact) mass is 269 g/mol. The SMILES string of the molecule is CC(C(=O)O)c1cccc2onc(Br)c12. The van der Waals surface area contributed by atoms with Gasteiger partial charge in [-0.2, -0.15) is 0 Å². The summed E-state index contributed by atoms with van der Waals surface area (Å²) in [6, 6.07) is 5.28. The molecule has 0 fully saturated rings. The van der Waals surface area contributed by atoms with Crippen LogP contribution in [-0.2, 0) is 4.79 Å². The molecule has 0 bridgehead atoms. The number of aromatic nitrogens is 1. The Balaban J connectivity index is 2.69. The van der Waals surface area contributed by atoms with Gasteiger partial charge in [0.05, 0.1) is 11.3 Å². The minimum Gasteiger partial charge on any atom is -0.481 e. The second-order valence-corrected chi connectivity index (χ2v) is 4.00. The van der Waals surface area contributed by atoms with Crippen molar-refractivity contribution in [1.29, 1.82) is 0 Å². The summed E-state index contributed by atoms with van der Waals surface area (Å²) in [6.45, 7) is 1.64. The third kappa shape index (κ3) is 1.63. The number of benzene rings is 1. The molecule has 1 heterocycles. The molecule has 0 saturated carbocycles. The van der Waals surface area contributed by atoms with E-state index in [1.807, 2.05) is 0 Å². The van der Waals surface area contributed by atoms with Crippen molar-refractivity contribution < 1.29 is 14.4 Å². The highest BCUT2D eigenvalue weighted by Crippen LogP contribution is 2.31. The highest BCUT2D eigenvalue weighted by Gasteiger charge is 2.19. The van der Waals surface area contributed by atoms with E-state index in [1.165, 1.54) is 0 Å². The van der Waals surface area contributed by atoms with Crippen molar-refractivity contribution in [2.24, 2.45) is 0 Å². The normalized spacial score (nSPS) is 12.9. The van der Waals surface area contributed by atoms with Gasteiger partial charge >= 0.3 is 5.97 Å². The third-order valence-corrected chi connectivity index (χ3v) is 2.87. The number of aliphatic carboxylic acids is 1. The Kier molecular flexibility index (Phi) is 2.48. The van der Waals surface area contributed by atoms with Gasteiger partial charge in [0, 0.05) is 0 Å². The van der Waals surface area contributed by atoms with E-state index in [2.05, 4.69) is 21.1 Å². The van der Waals surface area contributed by atoms with E-state index >= 15 is 0 Å². The summed E-state index contributed by atoms with van der Waals surface area (Å²) in [5.41, 5.74) is 1.29. The van der Waals surface area contributed by atoms with Gasteiger partial charge in [0.15, 0.2) is 10.2 Å². The molecule has 0 amide bonds. The highest BCUT2D eigenvalue weighted by atomic mass is 79.9. The largest absolute Gasteiger partial charge is 0.481 e. The first-order chi connectivity index (χ1) is 7.11. The number of nitrogens with zero attached hydrogens (tertiary/aromatic N) is 1. The van der Waals surface area contributed by atoms with Crippen LogP contribution in [0, 0.1) is 0 Å². The summed E-state index contributed by atoms with van der Waals surface area (Å²) in [7, 11) is 0. The molecular formula is C10H8BrNO3. The van der Waals surface area contributed by atoms with Gasteiger partial charge in [-0.3, -0.25) is 4.79 Å². The molecule has 4 nitrogen and oxygen atoms in total. The summed E-state index contributed by atoms with van der Waals surface area (Å²) in [4.78, 5) is 10.9. The van der Waals surface area contributed by atoms with E-state index in [4.69, 9.17) is 9.63 Å². The van der Waals surface area contributed by atoms with Gasteiger partial charge in [0.1, 0.15) is 0 Å². The van der Waals surface area contributed by atoms with Crippen molar-refractivity contribution >= 4 is 32.9 Å². The number of hydrogen-bond donors (Lipinski definition) is 1. The summed E-state index contributed by atoms with van der Waals surface area (Å²) in [5, 5.41) is 13.4. The number of rotatable bonds is 2. The highest BCUT2D eigenvalue weighted by molar-refractivity contribution is 9.10. The van der Waals surface area contributed by atoms with Crippen molar-refractivity contribution in [3.63, 3.8) is 0 Å². The molecule has 5 heteroatoms. The van der Waals surface area contributed by atoms with Crippen LogP contribution in [0.3, 0.4) is 0 Å². The van der Waals surface area contributed by atoms with E-state index in [1.54, 1.807) is 25.1 Å². The first kappa shape index (κ1) is 10.2. The number of halogens is 1. The Morgan fingerprint density at radius 3 is 3.00 bits per heavy atom.